The van der Waals surface area contributed by atoms with Crippen LogP contribution in [0.25, 0.3) is 10.8 Å². The molecule has 1 atom stereocenters. The van der Waals surface area contributed by atoms with Crippen LogP contribution >= 0.6 is 0 Å². The largest absolute Gasteiger partial charge is 0.484 e. The third-order valence-corrected chi connectivity index (χ3v) is 3.34. The lowest BCUT2D eigenvalue weighted by Gasteiger charge is -2.17. The average Bonchev–Trinajstić information content (AvgIpc) is 2.51. The first-order valence-electron chi connectivity index (χ1n) is 7.37. The third-order valence-electron chi connectivity index (χ3n) is 3.34. The van der Waals surface area contributed by atoms with E-state index in [1.807, 2.05) is 32.0 Å². The van der Waals surface area contributed by atoms with Crippen LogP contribution in [0.4, 0.5) is 13.2 Å². The Morgan fingerprint density at radius 2 is 1.67 bits per heavy atom. The lowest BCUT2D eigenvalue weighted by atomic mass is 9.95. The standard InChI is InChI=1S/C16H18F3NO.CH4N2/c1-10(2)15(20)13-4-3-12-8-14(6-5-11(12)7-13)21-9-16(17,18)19;2-1-3/h3-8,10,15H,9,20H2,1-2H3;1H,(H3,2,3). The molecular formula is C17H22F3N3O. The van der Waals surface area contributed by atoms with Crippen LogP contribution in [0, 0.1) is 11.3 Å². The van der Waals surface area contributed by atoms with Crippen molar-refractivity contribution in [1.29, 1.82) is 5.41 Å². The number of hydrogen-bond acceptors (Lipinski definition) is 3. The van der Waals surface area contributed by atoms with Crippen LogP contribution < -0.4 is 16.2 Å². The van der Waals surface area contributed by atoms with Crippen molar-refractivity contribution in [1.82, 2.24) is 0 Å². The van der Waals surface area contributed by atoms with Crippen LogP contribution in [0.1, 0.15) is 25.5 Å². The molecule has 5 N–H and O–H groups in total. The number of benzene rings is 2. The maximum Gasteiger partial charge on any atom is 0.422 e. The number of halogens is 3. The molecule has 0 fully saturated rings. The van der Waals surface area contributed by atoms with Gasteiger partial charge in [0.15, 0.2) is 6.61 Å². The van der Waals surface area contributed by atoms with Gasteiger partial charge in [-0.3, -0.25) is 5.41 Å². The smallest absolute Gasteiger partial charge is 0.422 e. The molecule has 0 spiro atoms. The van der Waals surface area contributed by atoms with Gasteiger partial charge < -0.3 is 16.2 Å². The number of nitrogens with two attached hydrogens (primary N) is 2. The van der Waals surface area contributed by atoms with Gasteiger partial charge in [0.1, 0.15) is 5.75 Å². The Balaban J connectivity index is 0.000000891. The van der Waals surface area contributed by atoms with Crippen molar-refractivity contribution in [3.63, 3.8) is 0 Å². The van der Waals surface area contributed by atoms with Gasteiger partial charge in [-0.05, 0) is 40.5 Å². The van der Waals surface area contributed by atoms with Gasteiger partial charge in [0.25, 0.3) is 0 Å². The van der Waals surface area contributed by atoms with Crippen LogP contribution in [0.5, 0.6) is 5.75 Å². The van der Waals surface area contributed by atoms with Gasteiger partial charge in [-0.2, -0.15) is 13.2 Å². The summed E-state index contributed by atoms with van der Waals surface area (Å²) in [4.78, 5) is 0. The molecule has 7 heteroatoms. The summed E-state index contributed by atoms with van der Waals surface area (Å²) in [5, 5.41) is 7.62. The lowest BCUT2D eigenvalue weighted by Crippen LogP contribution is -2.19. The summed E-state index contributed by atoms with van der Waals surface area (Å²) in [6.07, 6.45) is -3.58. The first-order valence-corrected chi connectivity index (χ1v) is 7.37. The lowest BCUT2D eigenvalue weighted by molar-refractivity contribution is -0.153. The molecule has 2 aromatic rings. The predicted octanol–water partition coefficient (Wildman–Crippen LogP) is 3.99. The van der Waals surface area contributed by atoms with Crippen molar-refractivity contribution < 1.29 is 17.9 Å². The van der Waals surface area contributed by atoms with Crippen molar-refractivity contribution in [2.75, 3.05) is 6.61 Å². The molecule has 0 heterocycles. The monoisotopic (exact) mass is 341 g/mol. The minimum absolute atomic E-state index is 0.0597. The maximum absolute atomic E-state index is 12.1. The summed E-state index contributed by atoms with van der Waals surface area (Å²) < 4.78 is 41.1. The molecule has 0 saturated carbocycles. The molecule has 2 aromatic carbocycles. The number of alkyl halides is 3. The molecule has 132 valence electrons. The molecule has 2 rings (SSSR count). The summed E-state index contributed by atoms with van der Waals surface area (Å²) in [5.74, 6) is 0.526. The summed E-state index contributed by atoms with van der Waals surface area (Å²) in [7, 11) is 0. The fourth-order valence-electron chi connectivity index (χ4n) is 2.09. The Bertz CT molecular complexity index is 672. The minimum Gasteiger partial charge on any atom is -0.484 e. The Morgan fingerprint density at radius 1 is 1.12 bits per heavy atom. The van der Waals surface area contributed by atoms with E-state index in [0.29, 0.717) is 5.92 Å². The first-order chi connectivity index (χ1) is 11.2. The Morgan fingerprint density at radius 3 is 2.21 bits per heavy atom. The van der Waals surface area contributed by atoms with Crippen molar-refractivity contribution >= 4 is 17.1 Å². The zero-order valence-electron chi connectivity index (χ0n) is 13.6. The number of hydrogen-bond donors (Lipinski definition) is 3. The molecule has 1 unspecified atom stereocenters. The second-order valence-corrected chi connectivity index (χ2v) is 5.61. The van der Waals surface area contributed by atoms with Gasteiger partial charge in [0.05, 0.1) is 6.34 Å². The SMILES string of the molecule is CC(C)C(N)c1ccc2cc(OCC(F)(F)F)ccc2c1.N=CN. The number of rotatable bonds is 4. The Labute approximate surface area is 139 Å². The van der Waals surface area contributed by atoms with Gasteiger partial charge in [0, 0.05) is 6.04 Å². The van der Waals surface area contributed by atoms with E-state index in [1.54, 1.807) is 18.2 Å². The van der Waals surface area contributed by atoms with Gasteiger partial charge >= 0.3 is 6.18 Å². The highest BCUT2D eigenvalue weighted by molar-refractivity contribution is 5.84. The maximum atomic E-state index is 12.1. The Hall–Kier alpha value is -2.28. The van der Waals surface area contributed by atoms with Crippen molar-refractivity contribution in [3.05, 3.63) is 42.0 Å². The summed E-state index contributed by atoms with van der Waals surface area (Å²) >= 11 is 0. The molecule has 0 radical (unpaired) electrons. The quantitative estimate of drug-likeness (QED) is 0.581. The fourth-order valence-corrected chi connectivity index (χ4v) is 2.09. The third kappa shape index (κ3) is 6.08. The fraction of sp³-hybridized carbons (Fsp3) is 0.353. The second kappa shape index (κ2) is 8.54. The van der Waals surface area contributed by atoms with Gasteiger partial charge in [0.2, 0.25) is 0 Å². The number of ether oxygens (including phenoxy) is 1. The molecule has 0 bridgehead atoms. The molecule has 24 heavy (non-hydrogen) atoms. The van der Waals surface area contributed by atoms with Crippen LogP contribution in [0.3, 0.4) is 0 Å². The van der Waals surface area contributed by atoms with E-state index in [1.165, 1.54) is 0 Å². The highest BCUT2D eigenvalue weighted by Gasteiger charge is 2.28. The summed E-state index contributed by atoms with van der Waals surface area (Å²) in [6.45, 7) is 2.81. The van der Waals surface area contributed by atoms with E-state index >= 15 is 0 Å². The molecule has 0 aromatic heterocycles. The van der Waals surface area contributed by atoms with Crippen LogP contribution in [-0.4, -0.2) is 19.1 Å². The van der Waals surface area contributed by atoms with E-state index in [2.05, 4.69) is 5.73 Å². The highest BCUT2D eigenvalue weighted by Crippen LogP contribution is 2.27. The summed E-state index contributed by atoms with van der Waals surface area (Å²) in [6, 6.07) is 10.6. The van der Waals surface area contributed by atoms with E-state index in [9.17, 15) is 13.2 Å². The van der Waals surface area contributed by atoms with Gasteiger partial charge in [-0.15, -0.1) is 0 Å². The number of nitrogens with one attached hydrogen (secondary N) is 1. The minimum atomic E-state index is -4.33. The molecule has 0 aliphatic carbocycles. The van der Waals surface area contributed by atoms with Gasteiger partial charge in [-0.1, -0.05) is 32.0 Å². The topological polar surface area (TPSA) is 85.1 Å². The second-order valence-electron chi connectivity index (χ2n) is 5.61. The van der Waals surface area contributed by atoms with E-state index < -0.39 is 12.8 Å². The molecule has 0 aliphatic rings. The normalized spacial score (nSPS) is 12.5. The molecular weight excluding hydrogens is 319 g/mol. The van der Waals surface area contributed by atoms with Crippen LogP contribution in [0.15, 0.2) is 36.4 Å². The molecule has 0 saturated heterocycles. The van der Waals surface area contributed by atoms with Crippen molar-refractivity contribution in [3.8, 4) is 5.75 Å². The molecule has 0 amide bonds. The van der Waals surface area contributed by atoms with E-state index in [4.69, 9.17) is 15.9 Å². The summed E-state index contributed by atoms with van der Waals surface area (Å²) in [5.41, 5.74) is 11.5. The van der Waals surface area contributed by atoms with Crippen molar-refractivity contribution in [2.24, 2.45) is 17.4 Å². The predicted molar refractivity (Wildman–Crippen MR) is 90.2 cm³/mol. The van der Waals surface area contributed by atoms with E-state index in [0.717, 1.165) is 22.7 Å². The number of fused-ring (bicyclic) bond motifs is 1. The Kier molecular flexibility index (Phi) is 7.03. The highest BCUT2D eigenvalue weighted by atomic mass is 19.4. The van der Waals surface area contributed by atoms with E-state index in [-0.39, 0.29) is 11.8 Å². The average molecular weight is 341 g/mol. The molecule has 0 aliphatic heterocycles. The first kappa shape index (κ1) is 19.8. The van der Waals surface area contributed by atoms with Gasteiger partial charge in [-0.25, -0.2) is 0 Å². The van der Waals surface area contributed by atoms with Crippen LogP contribution in [0.2, 0.25) is 0 Å². The zero-order valence-corrected chi connectivity index (χ0v) is 13.6. The van der Waals surface area contributed by atoms with Crippen molar-refractivity contribution in [2.45, 2.75) is 26.1 Å². The van der Waals surface area contributed by atoms with Crippen LogP contribution in [-0.2, 0) is 0 Å². The zero-order chi connectivity index (χ0) is 18.3. The molecule has 4 nitrogen and oxygen atoms in total.